The quantitative estimate of drug-likeness (QED) is 0.858. The first-order valence-electron chi connectivity index (χ1n) is 4.76. The van der Waals surface area contributed by atoms with Gasteiger partial charge in [-0.15, -0.1) is 11.8 Å². The maximum atomic E-state index is 6.09. The number of aryl methyl sites for hydroxylation is 1. The van der Waals surface area contributed by atoms with E-state index in [1.165, 1.54) is 11.3 Å². The maximum Gasteiger partial charge on any atom is 0.181 e. The molecule has 0 bridgehead atoms. The first kappa shape index (κ1) is 11.8. The smallest absolute Gasteiger partial charge is 0.181 e. The normalized spacial score (nSPS) is 10.6. The highest BCUT2D eigenvalue weighted by atomic mass is 35.5. The maximum absolute atomic E-state index is 6.09. The van der Waals surface area contributed by atoms with Crippen molar-refractivity contribution in [2.45, 2.75) is 16.9 Å². The first-order valence-corrected chi connectivity index (χ1v) is 6.94. The number of nitrogens with zero attached hydrogens (tertiary/aromatic N) is 1. The van der Waals surface area contributed by atoms with Crippen LogP contribution in [0.25, 0.3) is 0 Å². The molecule has 1 heterocycles. The van der Waals surface area contributed by atoms with E-state index in [-0.39, 0.29) is 0 Å². The molecule has 84 valence electrons. The van der Waals surface area contributed by atoms with E-state index in [1.807, 2.05) is 31.2 Å². The fraction of sp³-hybridized carbons (Fsp3) is 0.182. The lowest BCUT2D eigenvalue weighted by Crippen LogP contribution is -1.82. The van der Waals surface area contributed by atoms with Crippen molar-refractivity contribution >= 4 is 39.8 Å². The van der Waals surface area contributed by atoms with Crippen molar-refractivity contribution < 1.29 is 0 Å². The molecule has 1 aromatic carbocycles. The van der Waals surface area contributed by atoms with Gasteiger partial charge in [0.2, 0.25) is 0 Å². The Morgan fingerprint density at radius 2 is 2.19 bits per heavy atom. The van der Waals surface area contributed by atoms with Crippen LogP contribution < -0.4 is 5.73 Å². The second-order valence-corrected chi connectivity index (χ2v) is 5.99. The minimum Gasteiger partial charge on any atom is -0.375 e. The van der Waals surface area contributed by atoms with E-state index in [4.69, 9.17) is 17.3 Å². The van der Waals surface area contributed by atoms with Crippen LogP contribution in [0.15, 0.2) is 28.5 Å². The number of nitrogen functional groups attached to an aromatic ring is 1. The van der Waals surface area contributed by atoms with Crippen molar-refractivity contribution in [2.24, 2.45) is 0 Å². The summed E-state index contributed by atoms with van der Waals surface area (Å²) in [7, 11) is 0. The van der Waals surface area contributed by atoms with Crippen molar-refractivity contribution in [3.63, 3.8) is 0 Å². The van der Waals surface area contributed by atoms with Gasteiger partial charge in [-0.1, -0.05) is 41.1 Å². The average Bonchev–Trinajstić information content (AvgIpc) is 2.56. The molecule has 2 rings (SSSR count). The number of aromatic nitrogens is 1. The number of nitrogens with two attached hydrogens (primary N) is 1. The molecule has 0 aliphatic carbocycles. The number of halogens is 1. The summed E-state index contributed by atoms with van der Waals surface area (Å²) in [6.45, 7) is 1.97. The van der Waals surface area contributed by atoms with Gasteiger partial charge >= 0.3 is 0 Å². The summed E-state index contributed by atoms with van der Waals surface area (Å²) in [4.78, 5) is 4.19. The summed E-state index contributed by atoms with van der Waals surface area (Å²) in [5, 5.41) is 1.43. The molecule has 16 heavy (non-hydrogen) atoms. The fourth-order valence-electron chi connectivity index (χ4n) is 1.30. The highest BCUT2D eigenvalue weighted by Gasteiger charge is 2.07. The Morgan fingerprint density at radius 1 is 1.44 bits per heavy atom. The summed E-state index contributed by atoms with van der Waals surface area (Å²) in [6.07, 6.45) is 0. The van der Waals surface area contributed by atoms with Gasteiger partial charge in [-0.3, -0.25) is 0 Å². The van der Waals surface area contributed by atoms with Gasteiger partial charge in [0.05, 0.1) is 9.90 Å². The topological polar surface area (TPSA) is 38.9 Å². The number of benzene rings is 1. The van der Waals surface area contributed by atoms with Crippen LogP contribution in [0.3, 0.4) is 0 Å². The highest BCUT2D eigenvalue weighted by Crippen LogP contribution is 2.33. The minimum atomic E-state index is 0.624. The van der Waals surface area contributed by atoms with Gasteiger partial charge in [0.25, 0.3) is 0 Å². The molecule has 2 aromatic rings. The summed E-state index contributed by atoms with van der Waals surface area (Å²) in [5.41, 5.74) is 7.79. The van der Waals surface area contributed by atoms with Gasteiger partial charge in [-0.25, -0.2) is 4.98 Å². The second-order valence-electron chi connectivity index (χ2n) is 3.31. The van der Waals surface area contributed by atoms with Crippen LogP contribution >= 0.6 is 34.7 Å². The summed E-state index contributed by atoms with van der Waals surface area (Å²) < 4.78 is 1.16. The SMILES string of the molecule is Cc1nc(N)sc1SCc1ccccc1Cl. The number of rotatable bonds is 3. The lowest BCUT2D eigenvalue weighted by atomic mass is 10.2. The molecule has 0 amide bonds. The van der Waals surface area contributed by atoms with Crippen LogP contribution in [0.2, 0.25) is 5.02 Å². The van der Waals surface area contributed by atoms with Crippen molar-refractivity contribution in [3.8, 4) is 0 Å². The predicted octanol–water partition coefficient (Wildman–Crippen LogP) is 3.98. The van der Waals surface area contributed by atoms with E-state index in [9.17, 15) is 0 Å². The molecule has 0 radical (unpaired) electrons. The zero-order chi connectivity index (χ0) is 11.5. The van der Waals surface area contributed by atoms with Gasteiger partial charge in [0.1, 0.15) is 0 Å². The van der Waals surface area contributed by atoms with Crippen LogP contribution in [0, 0.1) is 6.92 Å². The van der Waals surface area contributed by atoms with Gasteiger partial charge in [0, 0.05) is 10.8 Å². The van der Waals surface area contributed by atoms with Gasteiger partial charge < -0.3 is 5.73 Å². The largest absolute Gasteiger partial charge is 0.375 e. The third-order valence-electron chi connectivity index (χ3n) is 2.09. The molecule has 5 heteroatoms. The Bertz CT molecular complexity index is 496. The summed E-state index contributed by atoms with van der Waals surface area (Å²) >= 11 is 9.34. The predicted molar refractivity (Wildman–Crippen MR) is 72.3 cm³/mol. The molecule has 0 saturated carbocycles. The third kappa shape index (κ3) is 2.70. The van der Waals surface area contributed by atoms with Gasteiger partial charge in [0.15, 0.2) is 5.13 Å². The van der Waals surface area contributed by atoms with Crippen molar-refractivity contribution in [1.82, 2.24) is 4.98 Å². The van der Waals surface area contributed by atoms with Crippen molar-refractivity contribution in [2.75, 3.05) is 5.73 Å². The molecule has 0 aliphatic rings. The fourth-order valence-corrected chi connectivity index (χ4v) is 3.60. The molecule has 0 spiro atoms. The molecule has 0 unspecified atom stereocenters. The van der Waals surface area contributed by atoms with Crippen LogP contribution in [-0.2, 0) is 5.75 Å². The summed E-state index contributed by atoms with van der Waals surface area (Å²) in [5.74, 6) is 0.849. The monoisotopic (exact) mass is 270 g/mol. The highest BCUT2D eigenvalue weighted by molar-refractivity contribution is 8.00. The van der Waals surface area contributed by atoms with Crippen LogP contribution in [0.5, 0.6) is 0 Å². The molecule has 2 N–H and O–H groups in total. The number of thiazole rings is 1. The third-order valence-corrected chi connectivity index (χ3v) is 4.85. The molecule has 0 fully saturated rings. The molecule has 0 saturated heterocycles. The van der Waals surface area contributed by atoms with E-state index in [2.05, 4.69) is 4.98 Å². The lowest BCUT2D eigenvalue weighted by Gasteiger charge is -2.02. The van der Waals surface area contributed by atoms with E-state index in [0.717, 1.165) is 26.2 Å². The molecule has 2 nitrogen and oxygen atoms in total. The molecule has 1 aromatic heterocycles. The number of anilines is 1. The zero-order valence-electron chi connectivity index (χ0n) is 8.74. The summed E-state index contributed by atoms with van der Waals surface area (Å²) in [6, 6.07) is 7.88. The zero-order valence-corrected chi connectivity index (χ0v) is 11.1. The number of hydrogen-bond donors (Lipinski definition) is 1. The van der Waals surface area contributed by atoms with Crippen LogP contribution in [0.4, 0.5) is 5.13 Å². The Labute approximate surface area is 108 Å². The Morgan fingerprint density at radius 3 is 2.81 bits per heavy atom. The van der Waals surface area contributed by atoms with Crippen molar-refractivity contribution in [3.05, 3.63) is 40.5 Å². The lowest BCUT2D eigenvalue weighted by molar-refractivity contribution is 1.21. The number of hydrogen-bond acceptors (Lipinski definition) is 4. The van der Waals surface area contributed by atoms with E-state index < -0.39 is 0 Å². The molecule has 0 aliphatic heterocycles. The molecular formula is C11H11ClN2S2. The Balaban J connectivity index is 2.08. The molecule has 0 atom stereocenters. The second kappa shape index (κ2) is 5.08. The van der Waals surface area contributed by atoms with Crippen LogP contribution in [-0.4, -0.2) is 4.98 Å². The van der Waals surface area contributed by atoms with E-state index in [1.54, 1.807) is 11.8 Å². The van der Waals surface area contributed by atoms with Crippen LogP contribution in [0.1, 0.15) is 11.3 Å². The van der Waals surface area contributed by atoms with Gasteiger partial charge in [-0.05, 0) is 18.6 Å². The standard InChI is InChI=1S/C11H11ClN2S2/c1-7-10(16-11(13)14-7)15-6-8-4-2-3-5-9(8)12/h2-5H,6H2,1H3,(H2,13,14). The van der Waals surface area contributed by atoms with E-state index >= 15 is 0 Å². The van der Waals surface area contributed by atoms with Gasteiger partial charge in [-0.2, -0.15) is 0 Å². The Kier molecular flexibility index (Phi) is 3.74. The molecular weight excluding hydrogens is 260 g/mol. The average molecular weight is 271 g/mol. The van der Waals surface area contributed by atoms with E-state index in [0.29, 0.717) is 5.13 Å². The first-order chi connectivity index (χ1) is 7.66. The Hall–Kier alpha value is -0.710. The minimum absolute atomic E-state index is 0.624. The van der Waals surface area contributed by atoms with Crippen molar-refractivity contribution in [1.29, 1.82) is 0 Å². The number of thioether (sulfide) groups is 1.